The zero-order chi connectivity index (χ0) is 16.2. The fourth-order valence-corrected chi connectivity index (χ4v) is 3.50. The summed E-state index contributed by atoms with van der Waals surface area (Å²) in [5, 5.41) is 0. The topological polar surface area (TPSA) is 63.6 Å². The summed E-state index contributed by atoms with van der Waals surface area (Å²) in [5.74, 6) is 0.625. The molecule has 0 atom stereocenters. The number of rotatable bonds is 7. The second-order valence-electron chi connectivity index (χ2n) is 5.39. The van der Waals surface area contributed by atoms with Gasteiger partial charge in [0.05, 0.1) is 7.11 Å². The molecule has 1 N–H and O–H groups in total. The average Bonchev–Trinajstić information content (AvgIpc) is 2.70. The van der Waals surface area contributed by atoms with Gasteiger partial charge in [0.25, 0.3) is 10.1 Å². The van der Waals surface area contributed by atoms with Crippen LogP contribution in [0.3, 0.4) is 0 Å². The van der Waals surface area contributed by atoms with Gasteiger partial charge in [0, 0.05) is 11.1 Å². The van der Waals surface area contributed by atoms with E-state index in [-0.39, 0.29) is 34.5 Å². The molecule has 0 aliphatic heterocycles. The Hall–Kier alpha value is -0.590. The van der Waals surface area contributed by atoms with Crippen LogP contribution in [-0.4, -0.2) is 49.6 Å². The summed E-state index contributed by atoms with van der Waals surface area (Å²) >= 11 is 0. The third kappa shape index (κ3) is 4.94. The maximum absolute atomic E-state index is 11.7. The summed E-state index contributed by atoms with van der Waals surface area (Å²) in [6.07, 6.45) is 5.17. The molecule has 2 rings (SSSR count). The number of methoxy groups -OCH3 is 1. The molecular formula is C17H23NaO4S. The monoisotopic (exact) mass is 346 g/mol. The molecule has 0 spiro atoms. The molecule has 23 heavy (non-hydrogen) atoms. The molecule has 0 saturated heterocycles. The van der Waals surface area contributed by atoms with Crippen molar-refractivity contribution in [3.8, 4) is 16.9 Å². The van der Waals surface area contributed by atoms with Crippen LogP contribution in [-0.2, 0) is 16.5 Å². The molecule has 2 aliphatic carbocycles. The minimum absolute atomic E-state index is 0. The zero-order valence-electron chi connectivity index (χ0n) is 13.0. The number of fused-ring (bicyclic) bond motifs is 1. The third-order valence-electron chi connectivity index (χ3n) is 3.83. The van der Waals surface area contributed by atoms with Crippen LogP contribution in [0.5, 0.6) is 5.75 Å². The van der Waals surface area contributed by atoms with E-state index in [1.54, 1.807) is 31.4 Å². The quantitative estimate of drug-likeness (QED) is 0.473. The van der Waals surface area contributed by atoms with E-state index >= 15 is 0 Å². The average molecular weight is 346 g/mol. The van der Waals surface area contributed by atoms with Crippen molar-refractivity contribution in [3.63, 3.8) is 0 Å². The third-order valence-corrected chi connectivity index (χ3v) is 4.72. The van der Waals surface area contributed by atoms with E-state index in [2.05, 4.69) is 6.92 Å². The maximum atomic E-state index is 11.7. The van der Waals surface area contributed by atoms with Gasteiger partial charge in [0.15, 0.2) is 0 Å². The Labute approximate surface area is 160 Å². The van der Waals surface area contributed by atoms with Gasteiger partial charge in [-0.2, -0.15) is 8.42 Å². The van der Waals surface area contributed by atoms with E-state index in [0.29, 0.717) is 11.3 Å². The van der Waals surface area contributed by atoms with E-state index in [1.165, 1.54) is 0 Å². The molecule has 0 unspecified atom stereocenters. The van der Waals surface area contributed by atoms with Crippen LogP contribution in [0.4, 0.5) is 0 Å². The summed E-state index contributed by atoms with van der Waals surface area (Å²) < 4.78 is 38.2. The van der Waals surface area contributed by atoms with Gasteiger partial charge in [-0.3, -0.25) is 4.55 Å². The fraction of sp³-hybridized carbons (Fsp3) is 0.412. The van der Waals surface area contributed by atoms with Crippen LogP contribution in [0.15, 0.2) is 35.2 Å². The van der Waals surface area contributed by atoms with Crippen molar-refractivity contribution >= 4 is 39.7 Å². The van der Waals surface area contributed by atoms with Crippen LogP contribution in [0, 0.1) is 0 Å². The Bertz CT molecular complexity index is 713. The second-order valence-corrected chi connectivity index (χ2v) is 6.78. The Morgan fingerprint density at radius 3 is 2.43 bits per heavy atom. The molecule has 2 aliphatic rings. The van der Waals surface area contributed by atoms with Gasteiger partial charge in [0.2, 0.25) is 0 Å². The molecule has 0 aromatic carbocycles. The summed E-state index contributed by atoms with van der Waals surface area (Å²) in [6, 6.07) is 8.64. The molecule has 4 nitrogen and oxygen atoms in total. The number of hydrogen-bond donors (Lipinski definition) is 1. The van der Waals surface area contributed by atoms with Gasteiger partial charge in [-0.05, 0) is 30.5 Å². The standard InChI is InChI=1S/C17H22O4S.Na.H/c1-3-4-5-6-9-13-12-16(22(18,19)20)14-10-7-8-11-15(21-2)17(13)14;;/h7-8,10-12H,3-6,9H2,1-2H3,(H,18,19,20);;. The van der Waals surface area contributed by atoms with E-state index < -0.39 is 10.1 Å². The first-order valence-corrected chi connectivity index (χ1v) is 8.99. The normalized spacial score (nSPS) is 11.3. The Balaban J connectivity index is 0.00000264. The summed E-state index contributed by atoms with van der Waals surface area (Å²) in [5.41, 5.74) is 2.19. The van der Waals surface area contributed by atoms with E-state index in [4.69, 9.17) is 4.74 Å². The van der Waals surface area contributed by atoms with Crippen molar-refractivity contribution < 1.29 is 17.7 Å². The van der Waals surface area contributed by atoms with Gasteiger partial charge in [-0.15, -0.1) is 0 Å². The molecule has 0 amide bonds. The van der Waals surface area contributed by atoms with Crippen LogP contribution >= 0.6 is 0 Å². The van der Waals surface area contributed by atoms with Crippen molar-refractivity contribution in [3.05, 3.63) is 35.9 Å². The van der Waals surface area contributed by atoms with Crippen molar-refractivity contribution in [2.45, 2.75) is 43.9 Å². The van der Waals surface area contributed by atoms with E-state index in [1.807, 2.05) is 6.07 Å². The summed E-state index contributed by atoms with van der Waals surface area (Å²) in [4.78, 5) is -0.0394. The molecule has 6 heteroatoms. The van der Waals surface area contributed by atoms with E-state index in [0.717, 1.165) is 43.2 Å². The Kier molecular flexibility index (Phi) is 8.04. The molecule has 0 aromatic rings. The number of hydrogen-bond acceptors (Lipinski definition) is 3. The molecule has 0 fully saturated rings. The summed E-state index contributed by atoms with van der Waals surface area (Å²) in [6.45, 7) is 2.15. The number of ether oxygens (including phenoxy) is 1. The first kappa shape index (κ1) is 20.5. The molecule has 0 saturated carbocycles. The Morgan fingerprint density at radius 2 is 1.83 bits per heavy atom. The van der Waals surface area contributed by atoms with Gasteiger partial charge < -0.3 is 4.74 Å². The Morgan fingerprint density at radius 1 is 1.13 bits per heavy atom. The zero-order valence-corrected chi connectivity index (χ0v) is 13.8. The van der Waals surface area contributed by atoms with Crippen molar-refractivity contribution in [2.75, 3.05) is 7.11 Å². The van der Waals surface area contributed by atoms with Crippen LogP contribution < -0.4 is 4.74 Å². The number of unbranched alkanes of at least 4 members (excludes halogenated alkanes) is 3. The van der Waals surface area contributed by atoms with Gasteiger partial charge in [-0.1, -0.05) is 44.4 Å². The minimum atomic E-state index is -4.25. The van der Waals surface area contributed by atoms with Crippen LogP contribution in [0.1, 0.15) is 38.2 Å². The summed E-state index contributed by atoms with van der Waals surface area (Å²) in [7, 11) is -2.69. The van der Waals surface area contributed by atoms with Crippen molar-refractivity contribution in [1.29, 1.82) is 0 Å². The first-order chi connectivity index (χ1) is 10.5. The van der Waals surface area contributed by atoms with E-state index in [9.17, 15) is 13.0 Å². The molecule has 0 heterocycles. The van der Waals surface area contributed by atoms with Crippen molar-refractivity contribution in [2.24, 2.45) is 0 Å². The van der Waals surface area contributed by atoms with Gasteiger partial charge in [0.1, 0.15) is 10.6 Å². The molecule has 0 radical (unpaired) electrons. The van der Waals surface area contributed by atoms with Crippen LogP contribution in [0.2, 0.25) is 0 Å². The second kappa shape index (κ2) is 9.04. The number of aryl methyl sites for hydroxylation is 1. The first-order valence-electron chi connectivity index (χ1n) is 7.55. The molecule has 0 aromatic heterocycles. The SMILES string of the molecule is CCCCCCc1cc(S(=O)(=O)O)c2ccccc(OC)c1-2.[NaH]. The predicted molar refractivity (Wildman–Crippen MR) is 94.4 cm³/mol. The van der Waals surface area contributed by atoms with Gasteiger partial charge in [-0.25, -0.2) is 0 Å². The predicted octanol–water partition coefficient (Wildman–Crippen LogP) is 3.52. The molecule has 0 bridgehead atoms. The fourth-order valence-electron chi connectivity index (χ4n) is 2.76. The van der Waals surface area contributed by atoms with Crippen LogP contribution in [0.25, 0.3) is 11.1 Å². The van der Waals surface area contributed by atoms with Gasteiger partial charge >= 0.3 is 29.6 Å². The molecular weight excluding hydrogens is 323 g/mol. The molecule has 122 valence electrons. The van der Waals surface area contributed by atoms with Crippen molar-refractivity contribution in [1.82, 2.24) is 0 Å².